The molecular weight excluding hydrogens is 556 g/mol. The molecule has 0 saturated heterocycles. The van der Waals surface area contributed by atoms with Crippen LogP contribution in [0.15, 0.2) is 47.3 Å². The van der Waals surface area contributed by atoms with Crippen molar-refractivity contribution in [3.63, 3.8) is 0 Å². The largest absolute Gasteiger partial charge is 0.512 e. The van der Waals surface area contributed by atoms with E-state index in [1.54, 1.807) is 0 Å². The van der Waals surface area contributed by atoms with Crippen LogP contribution in [0.2, 0.25) is 0 Å². The summed E-state index contributed by atoms with van der Waals surface area (Å²) in [6, 6.07) is 0. The van der Waals surface area contributed by atoms with Crippen molar-refractivity contribution in [2.24, 2.45) is 0 Å². The van der Waals surface area contributed by atoms with Crippen LogP contribution < -0.4 is 0 Å². The van der Waals surface area contributed by atoms with Gasteiger partial charge in [-0.1, -0.05) is 27.7 Å². The van der Waals surface area contributed by atoms with Gasteiger partial charge in [-0.15, -0.1) is 0 Å². The molecule has 0 aliphatic rings. The van der Waals surface area contributed by atoms with Crippen LogP contribution in [0.5, 0.6) is 0 Å². The second kappa shape index (κ2) is 31.8. The van der Waals surface area contributed by atoms with Crippen LogP contribution in [0, 0.1) is 0 Å². The van der Waals surface area contributed by atoms with Crippen LogP contribution in [0.25, 0.3) is 0 Å². The predicted molar refractivity (Wildman–Crippen MR) is 145 cm³/mol. The Morgan fingerprint density at radius 3 is 0.649 bits per heavy atom. The molecule has 0 aliphatic carbocycles. The normalized spacial score (nSPS) is 11.2. The van der Waals surface area contributed by atoms with E-state index < -0.39 is 0 Å². The van der Waals surface area contributed by atoms with Crippen LogP contribution in [-0.4, -0.2) is 43.6 Å². The average molecular weight is 604 g/mol. The molecule has 9 heteroatoms. The minimum atomic E-state index is -0.00231. The summed E-state index contributed by atoms with van der Waals surface area (Å²) in [5.41, 5.74) is 0. The third-order valence-electron chi connectivity index (χ3n) is 3.47. The van der Waals surface area contributed by atoms with E-state index in [4.69, 9.17) is 20.4 Å². The van der Waals surface area contributed by atoms with E-state index in [0.717, 1.165) is 25.7 Å². The Labute approximate surface area is 242 Å². The summed E-state index contributed by atoms with van der Waals surface area (Å²) in [4.78, 5) is 42.5. The van der Waals surface area contributed by atoms with Crippen LogP contribution in [0.1, 0.15) is 107 Å². The Bertz CT molecular complexity index is 618. The fourth-order valence-corrected chi connectivity index (χ4v) is 2.21. The molecule has 212 valence electrons. The minimum Gasteiger partial charge on any atom is -0.512 e. The number of rotatable bonds is 12. The van der Waals surface area contributed by atoms with Crippen molar-refractivity contribution >= 4 is 23.1 Å². The van der Waals surface area contributed by atoms with Crippen molar-refractivity contribution in [2.45, 2.75) is 107 Å². The molecule has 0 amide bonds. The van der Waals surface area contributed by atoms with Gasteiger partial charge in [-0.05, 0) is 53.4 Å². The van der Waals surface area contributed by atoms with Crippen LogP contribution in [-0.2, 0) is 45.4 Å². The topological polar surface area (TPSA) is 149 Å². The Morgan fingerprint density at radius 2 is 0.568 bits per heavy atom. The third-order valence-corrected chi connectivity index (χ3v) is 3.47. The Balaban J connectivity index is -0.000000122. The zero-order valence-electron chi connectivity index (χ0n) is 23.9. The van der Waals surface area contributed by atoms with E-state index >= 15 is 0 Å². The van der Waals surface area contributed by atoms with Crippen molar-refractivity contribution in [3.05, 3.63) is 47.3 Å². The molecule has 0 radical (unpaired) electrons. The molecule has 0 aromatic heterocycles. The number of aliphatic hydroxyl groups excluding tert-OH is 4. The maximum absolute atomic E-state index is 10.6. The number of allylic oxidation sites excluding steroid dienone is 8. The summed E-state index contributed by atoms with van der Waals surface area (Å²) in [7, 11) is 0. The number of aliphatic hydroxyl groups is 4. The van der Waals surface area contributed by atoms with Gasteiger partial charge < -0.3 is 20.4 Å². The minimum absolute atomic E-state index is 0. The van der Waals surface area contributed by atoms with E-state index in [-0.39, 0.29) is 72.4 Å². The van der Waals surface area contributed by atoms with Gasteiger partial charge >= 0.3 is 0 Å². The molecular formula is C28H48O8Zr. The second-order valence-electron chi connectivity index (χ2n) is 8.01. The molecule has 4 N–H and O–H groups in total. The first-order chi connectivity index (χ1) is 16.7. The van der Waals surface area contributed by atoms with E-state index in [1.165, 1.54) is 52.0 Å². The van der Waals surface area contributed by atoms with Crippen molar-refractivity contribution in [2.75, 3.05) is 0 Å². The molecule has 0 spiro atoms. The van der Waals surface area contributed by atoms with E-state index in [9.17, 15) is 19.2 Å². The quantitative estimate of drug-likeness (QED) is 0.134. The molecule has 0 aromatic rings. The SMILES string of the molecule is CCCC(=O)/C=C(/C)O.CCCC(=O)/C=C(/C)O.CCCC(=O)/C=C(/C)O.CCCC(=O)/C=C(/C)O.[Zr]. The summed E-state index contributed by atoms with van der Waals surface area (Å²) < 4.78 is 0. The van der Waals surface area contributed by atoms with E-state index in [2.05, 4.69) is 0 Å². The summed E-state index contributed by atoms with van der Waals surface area (Å²) in [5, 5.41) is 34.4. The van der Waals surface area contributed by atoms with Crippen LogP contribution in [0.4, 0.5) is 0 Å². The molecule has 0 unspecified atom stereocenters. The van der Waals surface area contributed by atoms with Crippen molar-refractivity contribution in [1.82, 2.24) is 0 Å². The second-order valence-corrected chi connectivity index (χ2v) is 8.01. The zero-order valence-corrected chi connectivity index (χ0v) is 26.3. The molecule has 8 nitrogen and oxygen atoms in total. The van der Waals surface area contributed by atoms with Gasteiger partial charge in [0.15, 0.2) is 23.1 Å². The average Bonchev–Trinajstić information content (AvgIpc) is 2.68. The van der Waals surface area contributed by atoms with Gasteiger partial charge in [0.25, 0.3) is 0 Å². The zero-order chi connectivity index (χ0) is 29.1. The maximum atomic E-state index is 10.6. The number of hydrogen-bond donors (Lipinski definition) is 4. The fraction of sp³-hybridized carbons (Fsp3) is 0.571. The summed E-state index contributed by atoms with van der Waals surface area (Å²) >= 11 is 0. The van der Waals surface area contributed by atoms with Gasteiger partial charge in [0.05, 0.1) is 23.0 Å². The van der Waals surface area contributed by atoms with Gasteiger partial charge in [-0.25, -0.2) is 0 Å². The number of hydrogen-bond acceptors (Lipinski definition) is 8. The van der Waals surface area contributed by atoms with Gasteiger partial charge in [-0.2, -0.15) is 0 Å². The maximum Gasteiger partial charge on any atom is 0.158 e. The molecule has 0 aliphatic heterocycles. The number of ketones is 4. The smallest absolute Gasteiger partial charge is 0.158 e. The molecule has 0 heterocycles. The first-order valence-corrected chi connectivity index (χ1v) is 12.3. The molecule has 0 rings (SSSR count). The fourth-order valence-electron chi connectivity index (χ4n) is 2.21. The van der Waals surface area contributed by atoms with Crippen molar-refractivity contribution in [3.8, 4) is 0 Å². The number of carbonyl (C=O) groups excluding carboxylic acids is 4. The standard InChI is InChI=1S/4C7H12O2.Zr/c4*1-3-4-7(9)5-6(2)8;/h4*5,8H,3-4H2,1-2H3;/b4*6-5-;. The Kier molecular flexibility index (Phi) is 38.4. The van der Waals surface area contributed by atoms with Crippen molar-refractivity contribution in [1.29, 1.82) is 0 Å². The van der Waals surface area contributed by atoms with Crippen LogP contribution in [0.3, 0.4) is 0 Å². The monoisotopic (exact) mass is 602 g/mol. The molecule has 0 bridgehead atoms. The summed E-state index contributed by atoms with van der Waals surface area (Å²) in [5.74, 6) is 0.355. The first-order valence-electron chi connectivity index (χ1n) is 12.3. The predicted octanol–water partition coefficient (Wildman–Crippen LogP) is 7.27. The summed E-state index contributed by atoms with van der Waals surface area (Å²) in [6.07, 6.45) is 10.5. The van der Waals surface area contributed by atoms with Crippen molar-refractivity contribution < 1.29 is 65.8 Å². The van der Waals surface area contributed by atoms with Gasteiger partial charge in [0.1, 0.15) is 0 Å². The van der Waals surface area contributed by atoms with Crippen LogP contribution >= 0.6 is 0 Å². The number of carbonyl (C=O) groups is 4. The molecule has 0 saturated carbocycles. The third kappa shape index (κ3) is 51.3. The van der Waals surface area contributed by atoms with Gasteiger partial charge in [0.2, 0.25) is 0 Å². The first kappa shape index (κ1) is 44.7. The van der Waals surface area contributed by atoms with E-state index in [1.807, 2.05) is 27.7 Å². The van der Waals surface area contributed by atoms with Gasteiger partial charge in [-0.3, -0.25) is 19.2 Å². The Morgan fingerprint density at radius 1 is 0.432 bits per heavy atom. The Hall–Kier alpha value is -2.28. The molecule has 0 fully saturated rings. The summed E-state index contributed by atoms with van der Waals surface area (Å²) in [6.45, 7) is 13.7. The molecule has 0 aromatic carbocycles. The van der Waals surface area contributed by atoms with E-state index in [0.29, 0.717) is 25.7 Å². The van der Waals surface area contributed by atoms with Gasteiger partial charge in [0, 0.05) is 76.2 Å². The molecule has 0 atom stereocenters. The molecule has 37 heavy (non-hydrogen) atoms.